The second-order valence-electron chi connectivity index (χ2n) is 8.41. The zero-order valence-corrected chi connectivity index (χ0v) is 20.6. The Morgan fingerprint density at radius 3 is 2.58 bits per heavy atom. The van der Waals surface area contributed by atoms with Crippen molar-refractivity contribution < 1.29 is 24.6 Å². The van der Waals surface area contributed by atoms with E-state index in [-0.39, 0.29) is 24.3 Å². The van der Waals surface area contributed by atoms with Crippen LogP contribution in [0.15, 0.2) is 34.1 Å². The number of carbonyl (C=O) groups is 3. The van der Waals surface area contributed by atoms with E-state index < -0.39 is 24.7 Å². The molecule has 8 nitrogen and oxygen atoms in total. The lowest BCUT2D eigenvalue weighted by Crippen LogP contribution is -2.45. The van der Waals surface area contributed by atoms with Gasteiger partial charge in [0.2, 0.25) is 5.91 Å². The number of halogens is 1. The number of nitrogens with one attached hydrogen (secondary N) is 1. The van der Waals surface area contributed by atoms with Crippen LogP contribution in [-0.2, 0) is 4.79 Å². The largest absolute Gasteiger partial charge is 0.394 e. The Balaban J connectivity index is 1.56. The highest BCUT2D eigenvalue weighted by molar-refractivity contribution is 9.11. The maximum absolute atomic E-state index is 13.2. The van der Waals surface area contributed by atoms with Crippen LogP contribution in [0, 0.1) is 12.8 Å². The van der Waals surface area contributed by atoms with Gasteiger partial charge in [-0.1, -0.05) is 0 Å². The van der Waals surface area contributed by atoms with Crippen molar-refractivity contribution in [3.05, 3.63) is 50.1 Å². The van der Waals surface area contributed by atoms with Crippen LogP contribution in [0.3, 0.4) is 0 Å². The molecule has 2 fully saturated rings. The number of aliphatic hydroxyl groups is 2. The van der Waals surface area contributed by atoms with Crippen molar-refractivity contribution in [2.45, 2.75) is 31.9 Å². The Hall–Kier alpha value is -2.27. The third kappa shape index (κ3) is 4.84. The first-order valence-corrected chi connectivity index (χ1v) is 12.5. The first-order chi connectivity index (χ1) is 15.8. The van der Waals surface area contributed by atoms with E-state index in [4.69, 9.17) is 0 Å². The van der Waals surface area contributed by atoms with Gasteiger partial charge in [0, 0.05) is 30.9 Å². The molecule has 33 heavy (non-hydrogen) atoms. The molecule has 3 N–H and O–H groups in total. The van der Waals surface area contributed by atoms with E-state index in [1.54, 1.807) is 30.3 Å². The number of benzene rings is 1. The number of hydrogen-bond acceptors (Lipinski definition) is 6. The van der Waals surface area contributed by atoms with Crippen LogP contribution in [0.25, 0.3) is 0 Å². The van der Waals surface area contributed by atoms with Crippen molar-refractivity contribution in [2.75, 3.05) is 31.1 Å². The van der Waals surface area contributed by atoms with E-state index in [1.807, 2.05) is 11.8 Å². The molecule has 10 heteroatoms. The summed E-state index contributed by atoms with van der Waals surface area (Å²) in [5.74, 6) is -1.71. The summed E-state index contributed by atoms with van der Waals surface area (Å²) in [6.07, 6.45) is 0.713. The highest BCUT2D eigenvalue weighted by atomic mass is 79.9. The second kappa shape index (κ2) is 9.92. The molecular weight excluding hydrogens is 510 g/mol. The standard InChI is InChI=1S/C23H26BrN3O5S/c1-13-10-14(4-5-15(13)22(31)26-8-2-3-9-26)27-11-16(20(23(27)32)17(29)12-28)25-21(30)18-6-7-19(24)33-18/h4-7,10,16-17,20,28-29H,2-3,8-9,11-12H2,1H3,(H,25,30). The van der Waals surface area contributed by atoms with E-state index in [0.29, 0.717) is 16.1 Å². The normalized spacial score (nSPS) is 21.5. The van der Waals surface area contributed by atoms with Crippen molar-refractivity contribution >= 4 is 50.7 Å². The maximum atomic E-state index is 13.2. The van der Waals surface area contributed by atoms with Gasteiger partial charge >= 0.3 is 0 Å². The first-order valence-electron chi connectivity index (χ1n) is 10.9. The summed E-state index contributed by atoms with van der Waals surface area (Å²) in [6, 6.07) is 7.99. The van der Waals surface area contributed by atoms with Gasteiger partial charge in [0.1, 0.15) is 0 Å². The molecule has 0 aliphatic carbocycles. The number of anilines is 1. The Morgan fingerprint density at radius 1 is 1.24 bits per heavy atom. The van der Waals surface area contributed by atoms with Crippen LogP contribution in [0.4, 0.5) is 5.69 Å². The molecule has 2 saturated heterocycles. The number of thiophene rings is 1. The zero-order valence-electron chi connectivity index (χ0n) is 18.2. The van der Waals surface area contributed by atoms with E-state index in [9.17, 15) is 24.6 Å². The fourth-order valence-electron chi connectivity index (χ4n) is 4.49. The molecule has 2 aliphatic heterocycles. The molecule has 3 amide bonds. The number of carbonyl (C=O) groups excluding carboxylic acids is 3. The Morgan fingerprint density at radius 2 is 1.97 bits per heavy atom. The van der Waals surface area contributed by atoms with Crippen molar-refractivity contribution in [3.63, 3.8) is 0 Å². The van der Waals surface area contributed by atoms with Crippen LogP contribution < -0.4 is 10.2 Å². The SMILES string of the molecule is Cc1cc(N2CC(NC(=O)c3ccc(Br)s3)C(C(O)CO)C2=O)ccc1C(=O)N1CCCC1. The van der Waals surface area contributed by atoms with Gasteiger partial charge in [-0.2, -0.15) is 0 Å². The van der Waals surface area contributed by atoms with Gasteiger partial charge in [-0.05, 0) is 71.6 Å². The first kappa shape index (κ1) is 23.9. The summed E-state index contributed by atoms with van der Waals surface area (Å²) < 4.78 is 0.808. The lowest BCUT2D eigenvalue weighted by atomic mass is 9.96. The molecule has 1 aromatic heterocycles. The van der Waals surface area contributed by atoms with Gasteiger partial charge in [0.15, 0.2) is 0 Å². The maximum Gasteiger partial charge on any atom is 0.261 e. The number of rotatable bonds is 6. The van der Waals surface area contributed by atoms with Crippen LogP contribution in [0.2, 0.25) is 0 Å². The van der Waals surface area contributed by atoms with Crippen LogP contribution in [0.5, 0.6) is 0 Å². The molecule has 3 heterocycles. The van der Waals surface area contributed by atoms with Gasteiger partial charge in [0.25, 0.3) is 11.8 Å². The molecule has 3 unspecified atom stereocenters. The number of amides is 3. The van der Waals surface area contributed by atoms with E-state index in [1.165, 1.54) is 16.2 Å². The molecular formula is C23H26BrN3O5S. The summed E-state index contributed by atoms with van der Waals surface area (Å²) in [4.78, 5) is 42.5. The molecule has 2 aliphatic rings. The van der Waals surface area contributed by atoms with Crippen LogP contribution in [-0.4, -0.2) is 71.2 Å². The highest BCUT2D eigenvalue weighted by Gasteiger charge is 2.45. The average molecular weight is 536 g/mol. The predicted octanol–water partition coefficient (Wildman–Crippen LogP) is 2.17. The highest BCUT2D eigenvalue weighted by Crippen LogP contribution is 2.31. The van der Waals surface area contributed by atoms with E-state index >= 15 is 0 Å². The van der Waals surface area contributed by atoms with Crippen molar-refractivity contribution in [1.82, 2.24) is 10.2 Å². The van der Waals surface area contributed by atoms with Gasteiger partial charge in [-0.3, -0.25) is 14.4 Å². The lowest BCUT2D eigenvalue weighted by Gasteiger charge is -2.21. The third-order valence-electron chi connectivity index (χ3n) is 6.22. The predicted molar refractivity (Wildman–Crippen MR) is 129 cm³/mol. The molecule has 0 spiro atoms. The van der Waals surface area contributed by atoms with Crippen molar-refractivity contribution in [2.24, 2.45) is 5.92 Å². The molecule has 1 aromatic carbocycles. The Bertz CT molecular complexity index is 1070. The summed E-state index contributed by atoms with van der Waals surface area (Å²) in [6.45, 7) is 2.91. The van der Waals surface area contributed by atoms with Crippen molar-refractivity contribution in [1.29, 1.82) is 0 Å². The second-order valence-corrected chi connectivity index (χ2v) is 10.9. The fourth-order valence-corrected chi connectivity index (χ4v) is 5.78. The summed E-state index contributed by atoms with van der Waals surface area (Å²) >= 11 is 4.60. The number of likely N-dealkylation sites (tertiary alicyclic amines) is 1. The monoisotopic (exact) mass is 535 g/mol. The lowest BCUT2D eigenvalue weighted by molar-refractivity contribution is -0.124. The average Bonchev–Trinajstić information content (AvgIpc) is 3.54. The molecule has 2 aromatic rings. The van der Waals surface area contributed by atoms with Gasteiger partial charge in [-0.25, -0.2) is 0 Å². The van der Waals surface area contributed by atoms with Crippen LogP contribution >= 0.6 is 27.3 Å². The van der Waals surface area contributed by atoms with E-state index in [0.717, 1.165) is 35.3 Å². The minimum absolute atomic E-state index is 0.00914. The molecule has 0 saturated carbocycles. The Kier molecular flexibility index (Phi) is 7.18. The number of hydrogen-bond donors (Lipinski definition) is 3. The molecule has 0 radical (unpaired) electrons. The number of nitrogens with zero attached hydrogens (tertiary/aromatic N) is 2. The summed E-state index contributed by atoms with van der Waals surface area (Å²) in [5.41, 5.74) is 1.95. The molecule has 4 rings (SSSR count). The molecule has 3 atom stereocenters. The van der Waals surface area contributed by atoms with Gasteiger partial charge in [-0.15, -0.1) is 11.3 Å². The van der Waals surface area contributed by atoms with Crippen LogP contribution in [0.1, 0.15) is 38.4 Å². The Labute approximate surface area is 204 Å². The minimum Gasteiger partial charge on any atom is -0.394 e. The van der Waals surface area contributed by atoms with E-state index in [2.05, 4.69) is 21.2 Å². The molecule has 176 valence electrons. The smallest absolute Gasteiger partial charge is 0.261 e. The van der Waals surface area contributed by atoms with Crippen molar-refractivity contribution in [3.8, 4) is 0 Å². The number of aliphatic hydroxyl groups excluding tert-OH is 2. The topological polar surface area (TPSA) is 110 Å². The summed E-state index contributed by atoms with van der Waals surface area (Å²) in [7, 11) is 0. The third-order valence-corrected chi connectivity index (χ3v) is 7.85. The van der Waals surface area contributed by atoms with Gasteiger partial charge < -0.3 is 25.3 Å². The molecule has 0 bridgehead atoms. The van der Waals surface area contributed by atoms with Gasteiger partial charge in [0.05, 0.1) is 33.3 Å². The minimum atomic E-state index is -1.31. The quantitative estimate of drug-likeness (QED) is 0.525. The fraction of sp³-hybridized carbons (Fsp3) is 0.435. The zero-order chi connectivity index (χ0) is 23.7. The number of aryl methyl sites for hydroxylation is 1. The summed E-state index contributed by atoms with van der Waals surface area (Å²) in [5, 5.41) is 22.7.